The molecule has 1 aliphatic rings. The van der Waals surface area contributed by atoms with Gasteiger partial charge in [-0.1, -0.05) is 6.92 Å². The largest absolute Gasteiger partial charge is 0.395 e. The van der Waals surface area contributed by atoms with Crippen LogP contribution in [0.1, 0.15) is 6.92 Å². The topological polar surface area (TPSA) is 30.0 Å². The Morgan fingerprint density at radius 1 is 1.25 bits per heavy atom. The lowest BCUT2D eigenvalue weighted by Crippen LogP contribution is -2.45. The van der Waals surface area contributed by atoms with E-state index < -0.39 is 0 Å². The summed E-state index contributed by atoms with van der Waals surface area (Å²) in [5.74, 6) is 0.684. The van der Waals surface area contributed by atoms with Crippen molar-refractivity contribution in [2.45, 2.75) is 13.0 Å². The van der Waals surface area contributed by atoms with Gasteiger partial charge in [-0.3, -0.25) is 4.90 Å². The Balaban J connectivity index is 2.54. The molecule has 0 aromatic carbocycles. The SMILES string of the molecule is CC1CN(C)CC(CO)N(CCN(C)C)C1. The summed E-state index contributed by atoms with van der Waals surface area (Å²) in [4.78, 5) is 6.98. The van der Waals surface area contributed by atoms with Crippen molar-refractivity contribution in [1.82, 2.24) is 14.7 Å². The van der Waals surface area contributed by atoms with Crippen LogP contribution in [-0.4, -0.2) is 86.3 Å². The Hall–Kier alpha value is -0.160. The minimum absolute atomic E-state index is 0.268. The predicted octanol–water partition coefficient (Wildman–Crippen LogP) is -0.208. The van der Waals surface area contributed by atoms with Crippen LogP contribution in [0.2, 0.25) is 0 Å². The van der Waals surface area contributed by atoms with Gasteiger partial charge in [-0.15, -0.1) is 0 Å². The van der Waals surface area contributed by atoms with Crippen LogP contribution < -0.4 is 0 Å². The summed E-state index contributed by atoms with van der Waals surface area (Å²) >= 11 is 0. The van der Waals surface area contributed by atoms with E-state index in [9.17, 15) is 5.11 Å². The van der Waals surface area contributed by atoms with Gasteiger partial charge in [-0.2, -0.15) is 0 Å². The number of hydrogen-bond donors (Lipinski definition) is 1. The van der Waals surface area contributed by atoms with E-state index in [0.29, 0.717) is 12.0 Å². The molecule has 1 fully saturated rings. The minimum atomic E-state index is 0.268. The molecule has 0 spiro atoms. The van der Waals surface area contributed by atoms with Gasteiger partial charge in [0.25, 0.3) is 0 Å². The molecular weight excluding hydrogens is 202 g/mol. The van der Waals surface area contributed by atoms with Crippen LogP contribution in [0, 0.1) is 5.92 Å². The second-order valence-electron chi connectivity index (χ2n) is 5.46. The van der Waals surface area contributed by atoms with Crippen molar-refractivity contribution in [1.29, 1.82) is 0 Å². The van der Waals surface area contributed by atoms with Gasteiger partial charge in [0.05, 0.1) is 6.61 Å². The normalized spacial score (nSPS) is 29.6. The van der Waals surface area contributed by atoms with Crippen molar-refractivity contribution in [2.24, 2.45) is 5.92 Å². The van der Waals surface area contributed by atoms with Gasteiger partial charge in [0.2, 0.25) is 0 Å². The van der Waals surface area contributed by atoms with Gasteiger partial charge in [0, 0.05) is 38.8 Å². The molecule has 4 heteroatoms. The zero-order chi connectivity index (χ0) is 12.1. The smallest absolute Gasteiger partial charge is 0.0599 e. The number of likely N-dealkylation sites (N-methyl/N-ethyl adjacent to an activating group) is 2. The van der Waals surface area contributed by atoms with Crippen LogP contribution in [0.4, 0.5) is 0 Å². The summed E-state index contributed by atoms with van der Waals surface area (Å²) in [5, 5.41) is 9.47. The number of hydrogen-bond acceptors (Lipinski definition) is 4. The Labute approximate surface area is 99.8 Å². The lowest BCUT2D eigenvalue weighted by atomic mass is 10.1. The number of rotatable bonds is 4. The van der Waals surface area contributed by atoms with Crippen LogP contribution >= 0.6 is 0 Å². The molecule has 0 aromatic rings. The molecule has 1 aliphatic heterocycles. The van der Waals surface area contributed by atoms with Crippen molar-refractivity contribution in [3.05, 3.63) is 0 Å². The van der Waals surface area contributed by atoms with Crippen LogP contribution in [0.15, 0.2) is 0 Å². The quantitative estimate of drug-likeness (QED) is 0.723. The van der Waals surface area contributed by atoms with E-state index in [-0.39, 0.29) is 6.61 Å². The van der Waals surface area contributed by atoms with E-state index in [2.05, 4.69) is 42.8 Å². The highest BCUT2D eigenvalue weighted by atomic mass is 16.3. The highest BCUT2D eigenvalue weighted by Gasteiger charge is 2.25. The molecule has 0 bridgehead atoms. The van der Waals surface area contributed by atoms with Crippen LogP contribution in [-0.2, 0) is 0 Å². The lowest BCUT2D eigenvalue weighted by molar-refractivity contribution is 0.107. The van der Waals surface area contributed by atoms with E-state index in [1.807, 2.05) is 0 Å². The van der Waals surface area contributed by atoms with Gasteiger partial charge in [0.1, 0.15) is 0 Å². The third-order valence-electron chi connectivity index (χ3n) is 3.25. The van der Waals surface area contributed by atoms with Crippen LogP contribution in [0.3, 0.4) is 0 Å². The maximum atomic E-state index is 9.47. The van der Waals surface area contributed by atoms with Crippen molar-refractivity contribution in [3.8, 4) is 0 Å². The Bertz CT molecular complexity index is 199. The molecule has 2 unspecified atom stereocenters. The summed E-state index contributed by atoms with van der Waals surface area (Å²) in [6, 6.07) is 0.301. The summed E-state index contributed by atoms with van der Waals surface area (Å²) in [6.45, 7) is 7.89. The van der Waals surface area contributed by atoms with Gasteiger partial charge in [-0.05, 0) is 27.1 Å². The molecule has 1 saturated heterocycles. The Kier molecular flexibility index (Phi) is 5.69. The molecular formula is C12H27N3O. The van der Waals surface area contributed by atoms with Gasteiger partial charge in [0.15, 0.2) is 0 Å². The van der Waals surface area contributed by atoms with Crippen molar-refractivity contribution < 1.29 is 5.11 Å². The molecule has 0 radical (unpaired) electrons. The van der Waals surface area contributed by atoms with Crippen molar-refractivity contribution >= 4 is 0 Å². The molecule has 1 heterocycles. The van der Waals surface area contributed by atoms with Gasteiger partial charge >= 0.3 is 0 Å². The first-order valence-electron chi connectivity index (χ1n) is 6.21. The summed E-state index contributed by atoms with van der Waals surface area (Å²) in [5.41, 5.74) is 0. The zero-order valence-corrected chi connectivity index (χ0v) is 11.2. The monoisotopic (exact) mass is 229 g/mol. The number of aliphatic hydroxyl groups excluding tert-OH is 1. The first kappa shape index (κ1) is 13.9. The first-order chi connectivity index (χ1) is 7.52. The molecule has 4 nitrogen and oxygen atoms in total. The lowest BCUT2D eigenvalue weighted by Gasteiger charge is -2.30. The van der Waals surface area contributed by atoms with E-state index in [1.165, 1.54) is 0 Å². The average molecular weight is 229 g/mol. The van der Waals surface area contributed by atoms with E-state index in [4.69, 9.17) is 0 Å². The van der Waals surface area contributed by atoms with E-state index >= 15 is 0 Å². The number of aliphatic hydroxyl groups is 1. The third-order valence-corrected chi connectivity index (χ3v) is 3.25. The maximum Gasteiger partial charge on any atom is 0.0599 e. The minimum Gasteiger partial charge on any atom is -0.395 e. The molecule has 96 valence electrons. The first-order valence-corrected chi connectivity index (χ1v) is 6.21. The molecule has 16 heavy (non-hydrogen) atoms. The van der Waals surface area contributed by atoms with Crippen LogP contribution in [0.5, 0.6) is 0 Å². The standard InChI is InChI=1S/C12H27N3O/c1-11-7-14(4)9-12(10-16)15(8-11)6-5-13(2)3/h11-12,16H,5-10H2,1-4H3. The average Bonchev–Trinajstić information content (AvgIpc) is 2.33. The Morgan fingerprint density at radius 2 is 1.94 bits per heavy atom. The highest BCUT2D eigenvalue weighted by molar-refractivity contribution is 4.81. The fraction of sp³-hybridized carbons (Fsp3) is 1.00. The number of nitrogens with zero attached hydrogens (tertiary/aromatic N) is 3. The van der Waals surface area contributed by atoms with Gasteiger partial charge < -0.3 is 14.9 Å². The zero-order valence-electron chi connectivity index (χ0n) is 11.2. The fourth-order valence-electron chi connectivity index (χ4n) is 2.46. The molecule has 0 saturated carbocycles. The van der Waals surface area contributed by atoms with Crippen molar-refractivity contribution in [3.63, 3.8) is 0 Å². The maximum absolute atomic E-state index is 9.47. The second-order valence-corrected chi connectivity index (χ2v) is 5.46. The highest BCUT2D eigenvalue weighted by Crippen LogP contribution is 2.12. The third kappa shape index (κ3) is 4.37. The second kappa shape index (κ2) is 6.55. The van der Waals surface area contributed by atoms with E-state index in [0.717, 1.165) is 32.7 Å². The Morgan fingerprint density at radius 3 is 2.50 bits per heavy atom. The summed E-state index contributed by atoms with van der Waals surface area (Å²) in [6.07, 6.45) is 0. The fourth-order valence-corrected chi connectivity index (χ4v) is 2.46. The molecule has 0 aromatic heterocycles. The molecule has 1 N–H and O–H groups in total. The summed E-state index contributed by atoms with van der Waals surface area (Å²) in [7, 11) is 6.34. The summed E-state index contributed by atoms with van der Waals surface area (Å²) < 4.78 is 0. The van der Waals surface area contributed by atoms with Crippen molar-refractivity contribution in [2.75, 3.05) is 60.5 Å². The predicted molar refractivity (Wildman–Crippen MR) is 67.7 cm³/mol. The van der Waals surface area contributed by atoms with Gasteiger partial charge in [-0.25, -0.2) is 0 Å². The molecule has 1 rings (SSSR count). The molecule has 0 amide bonds. The molecule has 0 aliphatic carbocycles. The van der Waals surface area contributed by atoms with E-state index in [1.54, 1.807) is 0 Å². The van der Waals surface area contributed by atoms with Crippen LogP contribution in [0.25, 0.3) is 0 Å². The molecule has 2 atom stereocenters.